The van der Waals surface area contributed by atoms with Gasteiger partial charge in [0.05, 0.1) is 18.6 Å². The van der Waals surface area contributed by atoms with Crippen LogP contribution >= 0.6 is 11.8 Å². The lowest BCUT2D eigenvalue weighted by Gasteiger charge is -2.07. The van der Waals surface area contributed by atoms with Crippen LogP contribution in [0.4, 0.5) is 13.2 Å². The molecule has 0 aliphatic rings. The molecule has 34 heavy (non-hydrogen) atoms. The predicted molar refractivity (Wildman–Crippen MR) is 127 cm³/mol. The zero-order valence-corrected chi connectivity index (χ0v) is 19.9. The van der Waals surface area contributed by atoms with Gasteiger partial charge >= 0.3 is 5.97 Å². The fourth-order valence-corrected chi connectivity index (χ4v) is 4.03. The lowest BCUT2D eigenvalue weighted by atomic mass is 10.0. The number of aryl methyl sites for hydroxylation is 3. The van der Waals surface area contributed by atoms with Crippen LogP contribution in [-0.2, 0) is 28.9 Å². The van der Waals surface area contributed by atoms with E-state index >= 15 is 0 Å². The van der Waals surface area contributed by atoms with Gasteiger partial charge < -0.3 is 4.74 Å². The zero-order chi connectivity index (χ0) is 24.5. The number of esters is 1. The van der Waals surface area contributed by atoms with Crippen LogP contribution in [0.15, 0.2) is 54.2 Å². The van der Waals surface area contributed by atoms with Gasteiger partial charge in [-0.05, 0) is 61.1 Å². The van der Waals surface area contributed by atoms with Crippen molar-refractivity contribution < 1.29 is 22.7 Å². The lowest BCUT2D eigenvalue weighted by molar-refractivity contribution is -0.137. The highest BCUT2D eigenvalue weighted by Crippen LogP contribution is 2.24. The number of nitrogens with zero attached hydrogens (tertiary/aromatic N) is 3. The van der Waals surface area contributed by atoms with Crippen LogP contribution < -0.4 is 0 Å². The quantitative estimate of drug-likeness (QED) is 0.205. The number of carbonyl (C=O) groups excluding carboxylic acids is 1. The maximum Gasteiger partial charge on any atom is 0.315 e. The molecule has 0 fully saturated rings. The minimum absolute atomic E-state index is 0.231. The first-order chi connectivity index (χ1) is 16.4. The SMILES string of the molecule is COC(=O)CSCC=C(C)CCn1cc(CCc2ccc(-c3ccc(F)c(F)c3)cc2F)nn1. The van der Waals surface area contributed by atoms with Crippen LogP contribution in [0, 0.1) is 17.5 Å². The van der Waals surface area contributed by atoms with E-state index < -0.39 is 17.5 Å². The van der Waals surface area contributed by atoms with Gasteiger partial charge in [-0.15, -0.1) is 16.9 Å². The molecular formula is C25H26F3N3O2S. The van der Waals surface area contributed by atoms with Gasteiger partial charge in [0, 0.05) is 18.5 Å². The fourth-order valence-electron chi connectivity index (χ4n) is 3.23. The summed E-state index contributed by atoms with van der Waals surface area (Å²) in [6.07, 6.45) is 5.71. The first kappa shape index (κ1) is 25.6. The van der Waals surface area contributed by atoms with Crippen molar-refractivity contribution in [1.82, 2.24) is 15.0 Å². The van der Waals surface area contributed by atoms with E-state index in [4.69, 9.17) is 0 Å². The average Bonchev–Trinajstić information content (AvgIpc) is 3.29. The van der Waals surface area contributed by atoms with Crippen molar-refractivity contribution in [2.75, 3.05) is 18.6 Å². The summed E-state index contributed by atoms with van der Waals surface area (Å²) in [6.45, 7) is 2.71. The van der Waals surface area contributed by atoms with Crippen LogP contribution in [0.2, 0.25) is 0 Å². The molecule has 0 saturated carbocycles. The molecule has 5 nitrogen and oxygen atoms in total. The van der Waals surface area contributed by atoms with Gasteiger partial charge in [0.1, 0.15) is 5.82 Å². The Morgan fingerprint density at radius 3 is 2.50 bits per heavy atom. The average molecular weight is 490 g/mol. The second-order valence-electron chi connectivity index (χ2n) is 7.80. The molecule has 1 heterocycles. The van der Waals surface area contributed by atoms with E-state index in [2.05, 4.69) is 21.1 Å². The van der Waals surface area contributed by atoms with Crippen molar-refractivity contribution in [3.8, 4) is 11.1 Å². The van der Waals surface area contributed by atoms with Crippen molar-refractivity contribution >= 4 is 17.7 Å². The first-order valence-corrected chi connectivity index (χ1v) is 11.9. The summed E-state index contributed by atoms with van der Waals surface area (Å²) in [4.78, 5) is 11.1. The van der Waals surface area contributed by atoms with E-state index in [1.165, 1.54) is 36.6 Å². The Kier molecular flexibility index (Phi) is 9.33. The molecule has 0 N–H and O–H groups in total. The molecule has 3 rings (SSSR count). The molecule has 0 atom stereocenters. The minimum atomic E-state index is -0.965. The summed E-state index contributed by atoms with van der Waals surface area (Å²) in [5.41, 5.74) is 3.37. The van der Waals surface area contributed by atoms with Crippen LogP contribution in [0.1, 0.15) is 24.6 Å². The van der Waals surface area contributed by atoms with Crippen molar-refractivity contribution in [2.24, 2.45) is 0 Å². The highest BCUT2D eigenvalue weighted by atomic mass is 32.2. The summed E-state index contributed by atoms with van der Waals surface area (Å²) >= 11 is 1.50. The monoisotopic (exact) mass is 489 g/mol. The molecule has 0 spiro atoms. The number of ether oxygens (including phenoxy) is 1. The molecule has 2 aromatic carbocycles. The third-order valence-corrected chi connectivity index (χ3v) is 6.12. The molecule has 0 bridgehead atoms. The summed E-state index contributed by atoms with van der Waals surface area (Å²) in [6, 6.07) is 8.19. The Balaban J connectivity index is 1.49. The number of methoxy groups -OCH3 is 1. The number of rotatable bonds is 11. The standard InChI is InChI=1S/C25H26F3N3O2S/c1-17(10-12-34-16-25(32)33-2)9-11-31-15-21(29-30-31)7-5-18-3-4-19(13-23(18)27)20-6-8-22(26)24(28)14-20/h3-4,6,8,10,13-15H,5,7,9,11-12,16H2,1-2H3. The fraction of sp³-hybridized carbons (Fsp3) is 0.320. The number of carbonyl (C=O) groups is 1. The molecule has 0 aliphatic heterocycles. The molecular weight excluding hydrogens is 463 g/mol. The molecule has 9 heteroatoms. The van der Waals surface area contributed by atoms with Gasteiger partial charge in [-0.25, -0.2) is 13.2 Å². The van der Waals surface area contributed by atoms with E-state index in [1.54, 1.807) is 16.8 Å². The van der Waals surface area contributed by atoms with Gasteiger partial charge in [-0.1, -0.05) is 35.1 Å². The van der Waals surface area contributed by atoms with Gasteiger partial charge in [-0.3, -0.25) is 9.48 Å². The molecule has 0 radical (unpaired) electrons. The third kappa shape index (κ3) is 7.48. The minimum Gasteiger partial charge on any atom is -0.468 e. The van der Waals surface area contributed by atoms with Gasteiger partial charge in [0.15, 0.2) is 11.6 Å². The lowest BCUT2D eigenvalue weighted by Crippen LogP contribution is -2.03. The number of halogens is 3. The van der Waals surface area contributed by atoms with Crippen molar-refractivity contribution in [1.29, 1.82) is 0 Å². The predicted octanol–water partition coefficient (Wildman–Crippen LogP) is 5.39. The topological polar surface area (TPSA) is 57.0 Å². The van der Waals surface area contributed by atoms with Crippen molar-refractivity contribution in [3.05, 3.63) is 83.0 Å². The summed E-state index contributed by atoms with van der Waals surface area (Å²) in [5.74, 6) is -1.46. The van der Waals surface area contributed by atoms with Crippen molar-refractivity contribution in [3.63, 3.8) is 0 Å². The number of benzene rings is 2. The number of aromatic nitrogens is 3. The summed E-state index contributed by atoms with van der Waals surface area (Å²) in [7, 11) is 1.38. The second kappa shape index (κ2) is 12.4. The second-order valence-corrected chi connectivity index (χ2v) is 8.83. The van der Waals surface area contributed by atoms with E-state index in [9.17, 15) is 18.0 Å². The number of hydrogen-bond acceptors (Lipinski definition) is 5. The van der Waals surface area contributed by atoms with E-state index in [0.717, 1.165) is 30.0 Å². The molecule has 1 aromatic heterocycles. The Hall–Kier alpha value is -3.07. The Morgan fingerprint density at radius 2 is 1.79 bits per heavy atom. The maximum atomic E-state index is 14.6. The summed E-state index contributed by atoms with van der Waals surface area (Å²) < 4.78 is 47.5. The largest absolute Gasteiger partial charge is 0.468 e. The highest BCUT2D eigenvalue weighted by molar-refractivity contribution is 8.00. The van der Waals surface area contributed by atoms with Crippen LogP contribution in [0.3, 0.4) is 0 Å². The third-order valence-electron chi connectivity index (χ3n) is 5.28. The maximum absolute atomic E-state index is 14.6. The number of thioether (sulfide) groups is 1. The Bertz CT molecular complexity index is 1160. The number of hydrogen-bond donors (Lipinski definition) is 0. The van der Waals surface area contributed by atoms with Crippen LogP contribution in [0.25, 0.3) is 11.1 Å². The van der Waals surface area contributed by atoms with Gasteiger partial charge in [0.2, 0.25) is 0 Å². The van der Waals surface area contributed by atoms with E-state index in [1.807, 2.05) is 13.1 Å². The van der Waals surface area contributed by atoms with Crippen LogP contribution in [-0.4, -0.2) is 39.6 Å². The highest BCUT2D eigenvalue weighted by Gasteiger charge is 2.10. The molecule has 0 amide bonds. The number of allylic oxidation sites excluding steroid dienone is 1. The van der Waals surface area contributed by atoms with Crippen molar-refractivity contribution in [2.45, 2.75) is 32.7 Å². The smallest absolute Gasteiger partial charge is 0.315 e. The van der Waals surface area contributed by atoms with Crippen LogP contribution in [0.5, 0.6) is 0 Å². The van der Waals surface area contributed by atoms with E-state index in [-0.39, 0.29) is 5.97 Å². The zero-order valence-electron chi connectivity index (χ0n) is 19.1. The van der Waals surface area contributed by atoms with Gasteiger partial charge in [0.25, 0.3) is 0 Å². The molecule has 0 aliphatic carbocycles. The van der Waals surface area contributed by atoms with E-state index in [0.29, 0.717) is 41.8 Å². The molecule has 3 aromatic rings. The first-order valence-electron chi connectivity index (χ1n) is 10.8. The van der Waals surface area contributed by atoms with Gasteiger partial charge in [-0.2, -0.15) is 0 Å². The molecule has 180 valence electrons. The Morgan fingerprint density at radius 1 is 1.06 bits per heavy atom. The normalized spacial score (nSPS) is 11.6. The summed E-state index contributed by atoms with van der Waals surface area (Å²) in [5, 5.41) is 8.30. The molecule has 0 unspecified atom stereocenters. The Labute approximate surface area is 201 Å². The molecule has 0 saturated heterocycles.